The molecular weight excluding hydrogens is 262 g/mol. The van der Waals surface area contributed by atoms with E-state index < -0.39 is 0 Å². The quantitative estimate of drug-likeness (QED) is 0.879. The van der Waals surface area contributed by atoms with Crippen molar-refractivity contribution in [3.63, 3.8) is 0 Å². The molecule has 0 fully saturated rings. The van der Waals surface area contributed by atoms with Gasteiger partial charge in [0.05, 0.1) is 6.42 Å². The van der Waals surface area contributed by atoms with Crippen molar-refractivity contribution in [3.05, 3.63) is 65.5 Å². The van der Waals surface area contributed by atoms with Crippen LogP contribution in [0.5, 0.6) is 0 Å². The summed E-state index contributed by atoms with van der Waals surface area (Å²) in [5, 5.41) is 0. The Morgan fingerprint density at radius 2 is 1.86 bits per heavy atom. The molecule has 0 aliphatic rings. The molecule has 4 nitrogen and oxygen atoms in total. The van der Waals surface area contributed by atoms with Gasteiger partial charge in [0, 0.05) is 38.4 Å². The van der Waals surface area contributed by atoms with Crippen molar-refractivity contribution in [2.75, 3.05) is 13.6 Å². The minimum Gasteiger partial charge on any atom is -0.345 e. The molecular formula is C17H21N3O. The lowest BCUT2D eigenvalue weighted by atomic mass is 10.0. The van der Waals surface area contributed by atoms with Crippen molar-refractivity contribution in [3.8, 4) is 0 Å². The molecule has 2 rings (SSSR count). The monoisotopic (exact) mass is 283 g/mol. The first-order valence-electron chi connectivity index (χ1n) is 7.11. The molecule has 2 N–H and O–H groups in total. The average Bonchev–Trinajstić information content (AvgIpc) is 2.54. The van der Waals surface area contributed by atoms with Crippen LogP contribution < -0.4 is 5.73 Å². The highest BCUT2D eigenvalue weighted by Crippen LogP contribution is 2.10. The van der Waals surface area contributed by atoms with Crippen molar-refractivity contribution in [1.29, 1.82) is 0 Å². The van der Waals surface area contributed by atoms with Crippen LogP contribution >= 0.6 is 0 Å². The number of hydrogen-bond acceptors (Lipinski definition) is 3. The number of nitrogens with two attached hydrogens (primary N) is 1. The van der Waals surface area contributed by atoms with Crippen molar-refractivity contribution >= 4 is 5.91 Å². The summed E-state index contributed by atoms with van der Waals surface area (Å²) in [4.78, 5) is 18.3. The van der Waals surface area contributed by atoms with E-state index in [1.54, 1.807) is 11.1 Å². The van der Waals surface area contributed by atoms with E-state index in [1.165, 1.54) is 0 Å². The first-order valence-corrected chi connectivity index (χ1v) is 7.11. The minimum absolute atomic E-state index is 0.104. The predicted molar refractivity (Wildman–Crippen MR) is 83.6 cm³/mol. The Balaban J connectivity index is 1.90. The van der Waals surface area contributed by atoms with Crippen LogP contribution in [0.1, 0.15) is 16.8 Å². The smallest absolute Gasteiger partial charge is 0.226 e. The molecule has 0 spiro atoms. The maximum atomic E-state index is 12.3. The Kier molecular flexibility index (Phi) is 5.46. The van der Waals surface area contributed by atoms with Crippen LogP contribution in [0.15, 0.2) is 48.7 Å². The Bertz CT molecular complexity index is 584. The van der Waals surface area contributed by atoms with E-state index in [-0.39, 0.29) is 5.91 Å². The zero-order valence-corrected chi connectivity index (χ0v) is 12.3. The number of likely N-dealkylation sites (N-methyl/N-ethyl adjacent to an activating group) is 1. The molecule has 0 unspecified atom stereocenters. The third-order valence-corrected chi connectivity index (χ3v) is 3.54. The van der Waals surface area contributed by atoms with Gasteiger partial charge in [0.15, 0.2) is 0 Å². The van der Waals surface area contributed by atoms with Gasteiger partial charge in [-0.1, -0.05) is 30.3 Å². The molecule has 0 aliphatic carbocycles. The van der Waals surface area contributed by atoms with Crippen LogP contribution in [-0.2, 0) is 24.2 Å². The number of nitrogens with zero attached hydrogens (tertiary/aromatic N) is 2. The molecule has 1 amide bonds. The largest absolute Gasteiger partial charge is 0.345 e. The molecule has 110 valence electrons. The molecule has 0 bridgehead atoms. The molecule has 4 heteroatoms. The number of rotatable bonds is 6. The van der Waals surface area contributed by atoms with Gasteiger partial charge >= 0.3 is 0 Å². The van der Waals surface area contributed by atoms with Crippen LogP contribution in [0.3, 0.4) is 0 Å². The Labute approximate surface area is 125 Å². The highest BCUT2D eigenvalue weighted by atomic mass is 16.2. The van der Waals surface area contributed by atoms with Gasteiger partial charge in [0.1, 0.15) is 0 Å². The van der Waals surface area contributed by atoms with Gasteiger partial charge in [0.2, 0.25) is 5.91 Å². The van der Waals surface area contributed by atoms with Gasteiger partial charge in [0.25, 0.3) is 0 Å². The number of carbonyl (C=O) groups excluding carboxylic acids is 1. The summed E-state index contributed by atoms with van der Waals surface area (Å²) < 4.78 is 0. The molecule has 0 saturated carbocycles. The van der Waals surface area contributed by atoms with Gasteiger partial charge in [-0.2, -0.15) is 0 Å². The Morgan fingerprint density at radius 1 is 1.14 bits per heavy atom. The average molecular weight is 283 g/mol. The first-order chi connectivity index (χ1) is 10.2. The summed E-state index contributed by atoms with van der Waals surface area (Å²) in [5.41, 5.74) is 8.74. The predicted octanol–water partition coefficient (Wildman–Crippen LogP) is 1.78. The Hall–Kier alpha value is -2.20. The molecule has 21 heavy (non-hydrogen) atoms. The summed E-state index contributed by atoms with van der Waals surface area (Å²) in [7, 11) is 1.83. The molecule has 1 heterocycles. The fourth-order valence-electron chi connectivity index (χ4n) is 2.18. The van der Waals surface area contributed by atoms with Crippen LogP contribution in [0.25, 0.3) is 0 Å². The van der Waals surface area contributed by atoms with E-state index in [0.717, 1.165) is 23.2 Å². The fraction of sp³-hybridized carbons (Fsp3) is 0.294. The summed E-state index contributed by atoms with van der Waals surface area (Å²) in [6, 6.07) is 13.6. The van der Waals surface area contributed by atoms with E-state index in [4.69, 9.17) is 5.73 Å². The fourth-order valence-corrected chi connectivity index (χ4v) is 2.18. The summed E-state index contributed by atoms with van der Waals surface area (Å²) in [6.07, 6.45) is 2.93. The van der Waals surface area contributed by atoms with Crippen molar-refractivity contribution < 1.29 is 4.79 Å². The third kappa shape index (κ3) is 4.39. The highest BCUT2D eigenvalue weighted by molar-refractivity contribution is 5.78. The summed E-state index contributed by atoms with van der Waals surface area (Å²) in [6.45, 7) is 1.13. The number of carbonyl (C=O) groups is 1. The minimum atomic E-state index is 0.104. The van der Waals surface area contributed by atoms with E-state index in [1.807, 2.05) is 49.5 Å². The molecule has 0 atom stereocenters. The molecule has 0 saturated heterocycles. The second-order valence-electron chi connectivity index (χ2n) is 5.04. The van der Waals surface area contributed by atoms with Crippen LogP contribution in [0.2, 0.25) is 0 Å². The van der Waals surface area contributed by atoms with Crippen LogP contribution in [0, 0.1) is 0 Å². The molecule has 2 aromatic rings. The number of aromatic nitrogens is 1. The SMILES string of the molecule is CN(CCc1ccccn1)C(=O)Cc1ccccc1CN. The van der Waals surface area contributed by atoms with E-state index in [9.17, 15) is 4.79 Å². The second kappa shape index (κ2) is 7.55. The van der Waals surface area contributed by atoms with Gasteiger partial charge in [-0.05, 0) is 23.3 Å². The lowest BCUT2D eigenvalue weighted by Gasteiger charge is -2.18. The molecule has 1 aromatic heterocycles. The molecule has 0 radical (unpaired) electrons. The maximum absolute atomic E-state index is 12.3. The molecule has 0 aliphatic heterocycles. The van der Waals surface area contributed by atoms with Gasteiger partial charge < -0.3 is 10.6 Å². The lowest BCUT2D eigenvalue weighted by molar-refractivity contribution is -0.129. The van der Waals surface area contributed by atoms with Crippen LogP contribution in [0.4, 0.5) is 0 Å². The van der Waals surface area contributed by atoms with Crippen molar-refractivity contribution in [2.24, 2.45) is 5.73 Å². The number of pyridine rings is 1. The zero-order valence-electron chi connectivity index (χ0n) is 12.3. The van der Waals surface area contributed by atoms with Crippen molar-refractivity contribution in [2.45, 2.75) is 19.4 Å². The van der Waals surface area contributed by atoms with E-state index >= 15 is 0 Å². The molecule has 1 aromatic carbocycles. The second-order valence-corrected chi connectivity index (χ2v) is 5.04. The third-order valence-electron chi connectivity index (χ3n) is 3.54. The first kappa shape index (κ1) is 15.2. The highest BCUT2D eigenvalue weighted by Gasteiger charge is 2.11. The normalized spacial score (nSPS) is 10.4. The zero-order chi connectivity index (χ0) is 15.1. The Morgan fingerprint density at radius 3 is 2.52 bits per heavy atom. The van der Waals surface area contributed by atoms with Crippen molar-refractivity contribution in [1.82, 2.24) is 9.88 Å². The lowest BCUT2D eigenvalue weighted by Crippen LogP contribution is -2.30. The standard InChI is InChI=1S/C17H21N3O/c1-20(11-9-16-8-4-5-10-19-16)17(21)12-14-6-2-3-7-15(14)13-18/h2-8,10H,9,11-13,18H2,1H3. The summed E-state index contributed by atoms with van der Waals surface area (Å²) >= 11 is 0. The van der Waals surface area contributed by atoms with Gasteiger partial charge in [-0.25, -0.2) is 0 Å². The van der Waals surface area contributed by atoms with E-state index in [2.05, 4.69) is 4.98 Å². The van der Waals surface area contributed by atoms with Gasteiger partial charge in [-0.3, -0.25) is 9.78 Å². The van der Waals surface area contributed by atoms with Gasteiger partial charge in [-0.15, -0.1) is 0 Å². The summed E-state index contributed by atoms with van der Waals surface area (Å²) in [5.74, 6) is 0.104. The van der Waals surface area contributed by atoms with Crippen LogP contribution in [-0.4, -0.2) is 29.4 Å². The number of amides is 1. The van der Waals surface area contributed by atoms with E-state index in [0.29, 0.717) is 19.5 Å². The maximum Gasteiger partial charge on any atom is 0.226 e. The topological polar surface area (TPSA) is 59.2 Å². The number of benzene rings is 1. The number of hydrogen-bond donors (Lipinski definition) is 1.